The van der Waals surface area contributed by atoms with E-state index in [-0.39, 0.29) is 24.7 Å². The number of halogens is 1. The Labute approximate surface area is 150 Å². The summed E-state index contributed by atoms with van der Waals surface area (Å²) in [5, 5.41) is 10.2. The monoisotopic (exact) mass is 362 g/mol. The highest BCUT2D eigenvalue weighted by atomic mass is 19.1. The number of fused-ring (bicyclic) bond motifs is 1. The highest BCUT2D eigenvalue weighted by Crippen LogP contribution is 2.33. The second kappa shape index (κ2) is 7.28. The van der Waals surface area contributed by atoms with Gasteiger partial charge in [0.1, 0.15) is 5.52 Å². The number of hydrogen-bond acceptors (Lipinski definition) is 5. The van der Waals surface area contributed by atoms with E-state index in [4.69, 9.17) is 0 Å². The number of carbonyl (C=O) groups excluding carboxylic acids is 2. The minimum absolute atomic E-state index is 0.192. The minimum Gasteiger partial charge on any atom is -0.368 e. The number of anilines is 2. The standard InChI is InChI=1S/C17H23FN6O2/c1-4-23(10-8-19-2)12-6-5-11-15(14(12)18)22(3)21-16(11)24-9-7-13(25)20-17(24)26/h5-6,19H,4,7-10H2,1-3H3,(H,20,25,26). The van der Waals surface area contributed by atoms with E-state index >= 15 is 4.39 Å². The van der Waals surface area contributed by atoms with E-state index in [1.165, 1.54) is 9.58 Å². The third-order valence-corrected chi connectivity index (χ3v) is 4.57. The Hall–Kier alpha value is -2.68. The van der Waals surface area contributed by atoms with Crippen LogP contribution in [0, 0.1) is 5.82 Å². The van der Waals surface area contributed by atoms with Crippen molar-refractivity contribution in [1.29, 1.82) is 0 Å². The topological polar surface area (TPSA) is 82.5 Å². The molecule has 0 aliphatic carbocycles. The molecular formula is C17H23FN6O2. The zero-order valence-corrected chi connectivity index (χ0v) is 15.2. The van der Waals surface area contributed by atoms with Gasteiger partial charge in [-0.05, 0) is 26.1 Å². The number of aryl methyl sites for hydroxylation is 1. The summed E-state index contributed by atoms with van der Waals surface area (Å²) in [6.07, 6.45) is 0.192. The molecule has 140 valence electrons. The van der Waals surface area contributed by atoms with Crippen LogP contribution in [0.1, 0.15) is 13.3 Å². The Morgan fingerprint density at radius 3 is 2.81 bits per heavy atom. The molecule has 0 radical (unpaired) electrons. The fraction of sp³-hybridized carbons (Fsp3) is 0.471. The van der Waals surface area contributed by atoms with E-state index in [0.29, 0.717) is 35.5 Å². The first kappa shape index (κ1) is 18.1. The van der Waals surface area contributed by atoms with Gasteiger partial charge in [-0.2, -0.15) is 5.10 Å². The molecule has 0 unspecified atom stereocenters. The Morgan fingerprint density at radius 2 is 2.15 bits per heavy atom. The number of rotatable bonds is 6. The first-order valence-electron chi connectivity index (χ1n) is 8.64. The van der Waals surface area contributed by atoms with Gasteiger partial charge in [0.25, 0.3) is 0 Å². The van der Waals surface area contributed by atoms with Crippen LogP contribution < -0.4 is 20.4 Å². The van der Waals surface area contributed by atoms with Crippen molar-refractivity contribution in [2.45, 2.75) is 13.3 Å². The number of nitrogens with zero attached hydrogens (tertiary/aromatic N) is 4. The fourth-order valence-electron chi connectivity index (χ4n) is 3.20. The Kier molecular flexibility index (Phi) is 5.08. The quantitative estimate of drug-likeness (QED) is 0.807. The number of imide groups is 1. The largest absolute Gasteiger partial charge is 0.368 e. The molecular weight excluding hydrogens is 339 g/mol. The molecule has 2 N–H and O–H groups in total. The maximum Gasteiger partial charge on any atom is 0.329 e. The summed E-state index contributed by atoms with van der Waals surface area (Å²) in [5.41, 5.74) is 0.841. The van der Waals surface area contributed by atoms with Gasteiger partial charge in [-0.1, -0.05) is 0 Å². The van der Waals surface area contributed by atoms with Gasteiger partial charge in [0.2, 0.25) is 5.91 Å². The van der Waals surface area contributed by atoms with Crippen molar-refractivity contribution in [3.05, 3.63) is 17.9 Å². The molecule has 0 atom stereocenters. The molecule has 8 nitrogen and oxygen atoms in total. The molecule has 1 aliphatic heterocycles. The van der Waals surface area contributed by atoms with Gasteiger partial charge in [0, 0.05) is 45.0 Å². The van der Waals surface area contributed by atoms with Crippen LogP contribution in [0.15, 0.2) is 12.1 Å². The summed E-state index contributed by atoms with van der Waals surface area (Å²) in [7, 11) is 3.50. The lowest BCUT2D eigenvalue weighted by molar-refractivity contribution is -0.120. The SMILES string of the molecule is CCN(CCNC)c1ccc2c(N3CCC(=O)NC3=O)nn(C)c2c1F. The number of hydrogen-bond donors (Lipinski definition) is 2. The normalized spacial score (nSPS) is 14.8. The molecule has 1 aromatic carbocycles. The van der Waals surface area contributed by atoms with E-state index in [1.54, 1.807) is 19.2 Å². The maximum atomic E-state index is 15.2. The van der Waals surface area contributed by atoms with E-state index in [0.717, 1.165) is 6.54 Å². The lowest BCUT2D eigenvalue weighted by Crippen LogP contribution is -2.49. The zero-order valence-electron chi connectivity index (χ0n) is 15.2. The highest BCUT2D eigenvalue weighted by Gasteiger charge is 2.29. The lowest BCUT2D eigenvalue weighted by atomic mass is 10.1. The third-order valence-electron chi connectivity index (χ3n) is 4.57. The summed E-state index contributed by atoms with van der Waals surface area (Å²) in [6, 6.07) is 2.96. The van der Waals surface area contributed by atoms with Crippen molar-refractivity contribution in [3.63, 3.8) is 0 Å². The molecule has 9 heteroatoms. The van der Waals surface area contributed by atoms with E-state index in [2.05, 4.69) is 15.7 Å². The number of benzene rings is 1. The number of urea groups is 1. The second-order valence-corrected chi connectivity index (χ2v) is 6.18. The van der Waals surface area contributed by atoms with Gasteiger partial charge < -0.3 is 10.2 Å². The highest BCUT2D eigenvalue weighted by molar-refractivity contribution is 6.09. The van der Waals surface area contributed by atoms with E-state index in [1.807, 2.05) is 18.9 Å². The summed E-state index contributed by atoms with van der Waals surface area (Å²) >= 11 is 0. The molecule has 1 fully saturated rings. The number of likely N-dealkylation sites (N-methyl/N-ethyl adjacent to an activating group) is 2. The average Bonchev–Trinajstić information content (AvgIpc) is 2.94. The Bertz CT molecular complexity index is 849. The number of amides is 3. The van der Waals surface area contributed by atoms with Crippen LogP contribution in [0.4, 0.5) is 20.7 Å². The molecule has 0 spiro atoms. The molecule has 1 saturated heterocycles. The van der Waals surface area contributed by atoms with Crippen LogP contribution in [-0.2, 0) is 11.8 Å². The Morgan fingerprint density at radius 1 is 1.38 bits per heavy atom. The van der Waals surface area contributed by atoms with Crippen molar-refractivity contribution in [1.82, 2.24) is 20.4 Å². The molecule has 3 rings (SSSR count). The van der Waals surface area contributed by atoms with Gasteiger partial charge >= 0.3 is 6.03 Å². The maximum absolute atomic E-state index is 15.2. The summed E-state index contributed by atoms with van der Waals surface area (Å²) < 4.78 is 16.7. The predicted molar refractivity (Wildman–Crippen MR) is 98.0 cm³/mol. The number of carbonyl (C=O) groups is 2. The van der Waals surface area contributed by atoms with Gasteiger partial charge in [-0.25, -0.2) is 9.18 Å². The number of nitrogens with one attached hydrogen (secondary N) is 2. The Balaban J connectivity index is 2.04. The van der Waals surface area contributed by atoms with Crippen molar-refractivity contribution in [2.24, 2.45) is 7.05 Å². The van der Waals surface area contributed by atoms with Crippen LogP contribution in [0.2, 0.25) is 0 Å². The first-order valence-corrected chi connectivity index (χ1v) is 8.64. The lowest BCUT2D eigenvalue weighted by Gasteiger charge is -2.25. The van der Waals surface area contributed by atoms with Crippen LogP contribution in [0.5, 0.6) is 0 Å². The van der Waals surface area contributed by atoms with Crippen molar-refractivity contribution in [2.75, 3.05) is 43.0 Å². The summed E-state index contributed by atoms with van der Waals surface area (Å²) in [5.74, 6) is -0.325. The van der Waals surface area contributed by atoms with Crippen molar-refractivity contribution >= 4 is 34.3 Å². The van der Waals surface area contributed by atoms with Crippen LogP contribution in [0.25, 0.3) is 10.9 Å². The molecule has 3 amide bonds. The molecule has 2 aromatic rings. The van der Waals surface area contributed by atoms with Crippen molar-refractivity contribution in [3.8, 4) is 0 Å². The van der Waals surface area contributed by atoms with Gasteiger partial charge in [-0.3, -0.25) is 19.7 Å². The summed E-state index contributed by atoms with van der Waals surface area (Å²) in [6.45, 7) is 4.29. The van der Waals surface area contributed by atoms with Crippen LogP contribution >= 0.6 is 0 Å². The molecule has 26 heavy (non-hydrogen) atoms. The predicted octanol–water partition coefficient (Wildman–Crippen LogP) is 1.20. The average molecular weight is 362 g/mol. The number of aromatic nitrogens is 2. The molecule has 1 aromatic heterocycles. The van der Waals surface area contributed by atoms with Crippen LogP contribution in [0.3, 0.4) is 0 Å². The van der Waals surface area contributed by atoms with Crippen molar-refractivity contribution < 1.29 is 14.0 Å². The van der Waals surface area contributed by atoms with Gasteiger partial charge in [0.05, 0.1) is 5.69 Å². The zero-order chi connectivity index (χ0) is 18.8. The minimum atomic E-state index is -0.532. The molecule has 0 saturated carbocycles. The molecule has 2 heterocycles. The molecule has 0 bridgehead atoms. The smallest absolute Gasteiger partial charge is 0.329 e. The second-order valence-electron chi connectivity index (χ2n) is 6.18. The summed E-state index contributed by atoms with van der Waals surface area (Å²) in [4.78, 5) is 26.8. The van der Waals surface area contributed by atoms with Crippen LogP contribution in [-0.4, -0.2) is 54.9 Å². The van der Waals surface area contributed by atoms with Gasteiger partial charge in [-0.15, -0.1) is 0 Å². The fourth-order valence-corrected chi connectivity index (χ4v) is 3.20. The third kappa shape index (κ3) is 3.10. The van der Waals surface area contributed by atoms with E-state index < -0.39 is 6.03 Å². The first-order chi connectivity index (χ1) is 12.5. The van der Waals surface area contributed by atoms with Gasteiger partial charge in [0.15, 0.2) is 11.6 Å². The van der Waals surface area contributed by atoms with E-state index in [9.17, 15) is 9.59 Å². The molecule has 1 aliphatic rings.